The van der Waals surface area contributed by atoms with Crippen molar-refractivity contribution < 1.29 is 31.3 Å². The number of ether oxygens (including phenoxy) is 1. The minimum Gasteiger partial charge on any atom is -0.493 e. The molecule has 1 N–H and O–H groups in total. The van der Waals surface area contributed by atoms with Crippen molar-refractivity contribution in [2.75, 3.05) is 32.5 Å². The first-order chi connectivity index (χ1) is 17.5. The van der Waals surface area contributed by atoms with Gasteiger partial charge in [0.1, 0.15) is 28.3 Å². The molecule has 1 amide bonds. The number of nitrogens with one attached hydrogen (secondary N) is 1. The van der Waals surface area contributed by atoms with Crippen molar-refractivity contribution in [1.29, 1.82) is 0 Å². The summed E-state index contributed by atoms with van der Waals surface area (Å²) in [4.78, 5) is 18.1. The molecule has 37 heavy (non-hydrogen) atoms. The average Bonchev–Trinajstić information content (AvgIpc) is 3.66. The molecule has 2 fully saturated rings. The van der Waals surface area contributed by atoms with E-state index >= 15 is 0 Å². The number of nitrogens with zero attached hydrogens (tertiary/aromatic N) is 2. The molecule has 202 valence electrons. The Hall–Kier alpha value is -2.24. The Morgan fingerprint density at radius 3 is 2.57 bits per heavy atom. The molecule has 2 aliphatic heterocycles. The molecule has 0 radical (unpaired) electrons. The first-order valence-electron chi connectivity index (χ1n) is 12.0. The number of allylic oxidation sites excluding steroid dienone is 3. The van der Waals surface area contributed by atoms with Crippen LogP contribution in [0.25, 0.3) is 0 Å². The van der Waals surface area contributed by atoms with Crippen molar-refractivity contribution in [2.24, 2.45) is 10.9 Å². The Morgan fingerprint density at radius 1 is 1.24 bits per heavy atom. The van der Waals surface area contributed by atoms with Gasteiger partial charge in [-0.15, -0.1) is 0 Å². The molecular weight excluding hydrogens is 534 g/mol. The molecular formula is C25H28ClF4N3O3S. The minimum absolute atomic E-state index is 0.156. The van der Waals surface area contributed by atoms with Crippen molar-refractivity contribution in [1.82, 2.24) is 9.62 Å². The van der Waals surface area contributed by atoms with Gasteiger partial charge in [0.25, 0.3) is 5.91 Å². The first-order valence-corrected chi connectivity index (χ1v) is 14.0. The van der Waals surface area contributed by atoms with E-state index in [4.69, 9.17) is 16.3 Å². The van der Waals surface area contributed by atoms with Crippen molar-refractivity contribution >= 4 is 34.2 Å². The maximum Gasteiger partial charge on any atom is 0.429 e. The van der Waals surface area contributed by atoms with Gasteiger partial charge in [0.15, 0.2) is 0 Å². The van der Waals surface area contributed by atoms with Gasteiger partial charge in [-0.1, -0.05) is 17.7 Å². The van der Waals surface area contributed by atoms with Gasteiger partial charge in [0, 0.05) is 30.3 Å². The molecule has 1 saturated carbocycles. The van der Waals surface area contributed by atoms with Crippen LogP contribution in [-0.4, -0.2) is 59.4 Å². The van der Waals surface area contributed by atoms with E-state index in [1.54, 1.807) is 0 Å². The van der Waals surface area contributed by atoms with Gasteiger partial charge >= 0.3 is 6.18 Å². The van der Waals surface area contributed by atoms with Crippen molar-refractivity contribution in [3.8, 4) is 5.75 Å². The number of piperidine rings is 1. The van der Waals surface area contributed by atoms with Gasteiger partial charge in [-0.2, -0.15) is 13.2 Å². The molecule has 1 aliphatic carbocycles. The van der Waals surface area contributed by atoms with Crippen molar-refractivity contribution in [2.45, 2.75) is 44.2 Å². The molecule has 0 bridgehead atoms. The highest BCUT2D eigenvalue weighted by atomic mass is 35.5. The van der Waals surface area contributed by atoms with E-state index in [0.29, 0.717) is 25.4 Å². The molecule has 3 aliphatic rings. The SMILES string of the molecule is CS(=O)NC(=O)c1cc(C2CC2)c(OCC2CCN(CC3=CC(Cl)=CCC(C(F)(F)F)=N3)CC2)cc1F. The highest BCUT2D eigenvalue weighted by Gasteiger charge is 2.36. The van der Waals surface area contributed by atoms with Gasteiger partial charge in [-0.3, -0.25) is 19.4 Å². The molecule has 1 aromatic rings. The number of rotatable bonds is 8. The number of halogens is 5. The fourth-order valence-electron chi connectivity index (χ4n) is 4.44. The molecule has 4 rings (SSSR count). The van der Waals surface area contributed by atoms with Gasteiger partial charge < -0.3 is 4.74 Å². The summed E-state index contributed by atoms with van der Waals surface area (Å²) < 4.78 is 73.7. The fraction of sp³-hybridized carbons (Fsp3) is 0.520. The molecule has 6 nitrogen and oxygen atoms in total. The van der Waals surface area contributed by atoms with E-state index in [-0.39, 0.29) is 41.1 Å². The number of likely N-dealkylation sites (tertiary alicyclic amines) is 1. The largest absolute Gasteiger partial charge is 0.493 e. The van der Waals surface area contributed by atoms with E-state index in [9.17, 15) is 26.6 Å². The third-order valence-corrected chi connectivity index (χ3v) is 7.30. The van der Waals surface area contributed by atoms with Crippen LogP contribution in [0.3, 0.4) is 0 Å². The lowest BCUT2D eigenvalue weighted by Crippen LogP contribution is -2.36. The quantitative estimate of drug-likeness (QED) is 0.441. The fourth-order valence-corrected chi connectivity index (χ4v) is 5.02. The van der Waals surface area contributed by atoms with Crippen molar-refractivity contribution in [3.05, 3.63) is 52.0 Å². The second kappa shape index (κ2) is 11.7. The molecule has 1 atom stereocenters. The van der Waals surface area contributed by atoms with Crippen LogP contribution in [0, 0.1) is 11.7 Å². The lowest BCUT2D eigenvalue weighted by Gasteiger charge is -2.32. The highest BCUT2D eigenvalue weighted by Crippen LogP contribution is 2.45. The predicted octanol–water partition coefficient (Wildman–Crippen LogP) is 5.23. The summed E-state index contributed by atoms with van der Waals surface area (Å²) in [5, 5.41) is 0.242. The Morgan fingerprint density at radius 2 is 1.95 bits per heavy atom. The molecule has 1 saturated heterocycles. The molecule has 1 aromatic carbocycles. The molecule has 12 heteroatoms. The summed E-state index contributed by atoms with van der Waals surface area (Å²) in [5.74, 6) is -0.660. The summed E-state index contributed by atoms with van der Waals surface area (Å²) in [6.07, 6.45) is 2.61. The van der Waals surface area contributed by atoms with Gasteiger partial charge in [-0.25, -0.2) is 8.60 Å². The van der Waals surface area contributed by atoms with Gasteiger partial charge in [0.2, 0.25) is 0 Å². The van der Waals surface area contributed by atoms with E-state index in [0.717, 1.165) is 31.2 Å². The zero-order valence-electron chi connectivity index (χ0n) is 20.2. The van der Waals surface area contributed by atoms with E-state index in [1.807, 2.05) is 4.90 Å². The monoisotopic (exact) mass is 561 g/mol. The molecule has 1 unspecified atom stereocenters. The standard InChI is InChI=1S/C25H28ClF4N3O3S/c1-37(35)32-24(34)20-11-19(16-2-3-16)22(12-21(20)27)36-14-15-6-8-33(9-7-15)13-18-10-17(26)4-5-23(31-18)25(28,29)30/h4,10-12,15-16H,2-3,5-9,13-14H2,1H3,(H,32,34). The van der Waals surface area contributed by atoms with Crippen LogP contribution in [0.5, 0.6) is 5.75 Å². The number of hydrogen-bond acceptors (Lipinski definition) is 5. The molecule has 2 heterocycles. The van der Waals surface area contributed by atoms with Crippen LogP contribution in [0.4, 0.5) is 17.6 Å². The second-order valence-corrected chi connectivity index (χ2v) is 11.1. The zero-order chi connectivity index (χ0) is 26.7. The van der Waals surface area contributed by atoms with Crippen LogP contribution in [0.1, 0.15) is 53.9 Å². The van der Waals surface area contributed by atoms with Crippen LogP contribution < -0.4 is 9.46 Å². The maximum absolute atomic E-state index is 14.7. The molecule has 0 aromatic heterocycles. The minimum atomic E-state index is -4.50. The molecule has 0 spiro atoms. The summed E-state index contributed by atoms with van der Waals surface area (Å²) in [6, 6.07) is 2.71. The Labute approximate surface area is 220 Å². The highest BCUT2D eigenvalue weighted by molar-refractivity contribution is 7.82. The Kier molecular flexibility index (Phi) is 8.75. The number of alkyl halides is 3. The van der Waals surface area contributed by atoms with Crippen molar-refractivity contribution in [3.63, 3.8) is 0 Å². The van der Waals surface area contributed by atoms with E-state index in [2.05, 4.69) is 9.71 Å². The summed E-state index contributed by atoms with van der Waals surface area (Å²) >= 11 is 6.02. The maximum atomic E-state index is 14.7. The Balaban J connectivity index is 1.34. The number of hydrogen-bond donors (Lipinski definition) is 1. The lowest BCUT2D eigenvalue weighted by atomic mass is 9.97. The summed E-state index contributed by atoms with van der Waals surface area (Å²) in [6.45, 7) is 1.94. The third-order valence-electron chi connectivity index (χ3n) is 6.57. The number of amides is 1. The van der Waals surface area contributed by atoms with Crippen LogP contribution in [0.15, 0.2) is 40.0 Å². The van der Waals surface area contributed by atoms with Crippen LogP contribution in [-0.2, 0) is 11.0 Å². The number of carbonyl (C=O) groups is 1. The van der Waals surface area contributed by atoms with Gasteiger partial charge in [-0.05, 0) is 68.3 Å². The van der Waals surface area contributed by atoms with E-state index < -0.39 is 34.6 Å². The smallest absolute Gasteiger partial charge is 0.429 e. The number of carbonyl (C=O) groups excluding carboxylic acids is 1. The average molecular weight is 562 g/mol. The first kappa shape index (κ1) is 27.8. The number of aliphatic imine (C=N–C) groups is 1. The summed E-state index contributed by atoms with van der Waals surface area (Å²) in [7, 11) is -1.60. The zero-order valence-corrected chi connectivity index (χ0v) is 21.8. The van der Waals surface area contributed by atoms with Gasteiger partial charge in [0.05, 0.1) is 17.9 Å². The lowest BCUT2D eigenvalue weighted by molar-refractivity contribution is -0.0600. The van der Waals surface area contributed by atoms with Crippen LogP contribution in [0.2, 0.25) is 0 Å². The van der Waals surface area contributed by atoms with Crippen LogP contribution >= 0.6 is 11.6 Å². The Bertz CT molecular complexity index is 1160. The normalized spacial score (nSPS) is 20.4. The summed E-state index contributed by atoms with van der Waals surface area (Å²) in [5.41, 5.74) is 0.0375. The third kappa shape index (κ3) is 7.64. The number of benzene rings is 1. The second-order valence-electron chi connectivity index (χ2n) is 9.55. The van der Waals surface area contributed by atoms with E-state index in [1.165, 1.54) is 30.5 Å². The topological polar surface area (TPSA) is 71.0 Å². The predicted molar refractivity (Wildman–Crippen MR) is 135 cm³/mol.